The van der Waals surface area contributed by atoms with Gasteiger partial charge >= 0.3 is 6.18 Å². The molecule has 2 amide bonds. The number of piperazine rings is 1. The second-order valence-corrected chi connectivity index (χ2v) is 12.7. The van der Waals surface area contributed by atoms with Crippen LogP contribution in [0, 0.1) is 6.92 Å². The maximum absolute atomic E-state index is 14.4. The van der Waals surface area contributed by atoms with Crippen LogP contribution in [0.25, 0.3) is 11.4 Å². The molecule has 4 aromatic heterocycles. The molecule has 2 fully saturated rings. The molecule has 2 atom stereocenters. The van der Waals surface area contributed by atoms with Crippen LogP contribution in [0.4, 0.5) is 24.5 Å². The molecular weight excluding hydrogens is 697 g/mol. The molecule has 6 heterocycles. The van der Waals surface area contributed by atoms with Crippen molar-refractivity contribution in [3.8, 4) is 5.75 Å². The van der Waals surface area contributed by atoms with Gasteiger partial charge in [-0.1, -0.05) is 24.6 Å². The summed E-state index contributed by atoms with van der Waals surface area (Å²) in [6.07, 6.45) is 0.458. The third-order valence-electron chi connectivity index (χ3n) is 9.47. The topological polar surface area (TPSA) is 173 Å². The summed E-state index contributed by atoms with van der Waals surface area (Å²) in [6.45, 7) is 4.29. The van der Waals surface area contributed by atoms with Gasteiger partial charge in [-0.15, -0.1) is 5.10 Å². The van der Waals surface area contributed by atoms with Gasteiger partial charge in [0.25, 0.3) is 11.5 Å². The number of anilines is 2. The first-order valence-corrected chi connectivity index (χ1v) is 16.7. The number of nitrogens with zero attached hydrogens (tertiary/aromatic N) is 9. The van der Waals surface area contributed by atoms with Gasteiger partial charge in [-0.3, -0.25) is 14.4 Å². The fourth-order valence-corrected chi connectivity index (χ4v) is 7.01. The Morgan fingerprint density at radius 2 is 1.92 bits per heavy atom. The third kappa shape index (κ3) is 6.15. The first-order valence-electron chi connectivity index (χ1n) is 16.3. The van der Waals surface area contributed by atoms with Crippen molar-refractivity contribution >= 4 is 46.1 Å². The van der Waals surface area contributed by atoms with Crippen molar-refractivity contribution in [3.63, 3.8) is 0 Å². The number of pyridine rings is 1. The molecule has 1 aliphatic carbocycles. The summed E-state index contributed by atoms with van der Waals surface area (Å²) >= 11 is 6.03. The quantitative estimate of drug-likeness (QED) is 0.268. The Bertz CT molecular complexity index is 2150. The number of alkyl halides is 3. The summed E-state index contributed by atoms with van der Waals surface area (Å²) in [6, 6.07) is 1.19. The van der Waals surface area contributed by atoms with Gasteiger partial charge in [0, 0.05) is 19.1 Å². The summed E-state index contributed by atoms with van der Waals surface area (Å²) in [5.41, 5.74) is -0.0340. The van der Waals surface area contributed by atoms with Gasteiger partial charge in [0.15, 0.2) is 22.4 Å². The normalized spacial score (nSPS) is 19.1. The molecule has 0 radical (unpaired) electrons. The van der Waals surface area contributed by atoms with Gasteiger partial charge < -0.3 is 29.5 Å². The first kappa shape index (κ1) is 34.4. The van der Waals surface area contributed by atoms with E-state index in [4.69, 9.17) is 16.3 Å². The smallest absolute Gasteiger partial charge is 0.433 e. The highest BCUT2D eigenvalue weighted by Gasteiger charge is 2.47. The van der Waals surface area contributed by atoms with Crippen LogP contribution < -0.4 is 15.8 Å². The van der Waals surface area contributed by atoms with Gasteiger partial charge in [-0.05, 0) is 50.3 Å². The number of aromatic hydroxyl groups is 1. The van der Waals surface area contributed by atoms with E-state index in [1.807, 2.05) is 17.9 Å². The minimum atomic E-state index is -4.72. The molecule has 0 spiro atoms. The Kier molecular flexibility index (Phi) is 8.91. The number of carbonyl (C=O) groups excluding carboxylic acids is 2. The number of nitrogens with one attached hydrogen (secondary N) is 1. The predicted molar refractivity (Wildman–Crippen MR) is 177 cm³/mol. The van der Waals surface area contributed by atoms with Crippen LogP contribution >= 0.6 is 11.6 Å². The van der Waals surface area contributed by atoms with Crippen molar-refractivity contribution < 1.29 is 32.6 Å². The molecule has 7 rings (SSSR count). The van der Waals surface area contributed by atoms with Crippen LogP contribution in [-0.4, -0.2) is 94.3 Å². The van der Waals surface area contributed by atoms with E-state index < -0.39 is 40.9 Å². The molecule has 268 valence electrons. The lowest BCUT2D eigenvalue weighted by molar-refractivity contribution is -0.141. The molecule has 51 heavy (non-hydrogen) atoms. The third-order valence-corrected chi connectivity index (χ3v) is 9.75. The van der Waals surface area contributed by atoms with Crippen molar-refractivity contribution in [1.29, 1.82) is 0 Å². The molecule has 19 heteroatoms. The van der Waals surface area contributed by atoms with Crippen molar-refractivity contribution in [1.82, 2.24) is 39.0 Å². The monoisotopic (exact) mass is 728 g/mol. The standard InChI is InChI=1S/C32H32ClF3N10O5/c1-3-19-25(43-10-11-44(21-6-5-20(21)43)29(49)24-26(48)16(2)37-15-38-24)30(50)46-31(41-28(42-46)17-8-12-51-13-9-17)45(19)14-23(47)39-18-4-7-22(32(34,35)36)40-27(18)33/h4,7-8,15,20-21,48H,3,5-6,9-14H2,1-2H3,(H,39,47)/t20-,21+/m1/s1. The first-order chi connectivity index (χ1) is 24.4. The lowest BCUT2D eigenvalue weighted by Gasteiger charge is -2.54. The molecule has 1 saturated heterocycles. The number of ether oxygens (including phenoxy) is 1. The predicted octanol–water partition coefficient (Wildman–Crippen LogP) is 3.26. The van der Waals surface area contributed by atoms with Crippen molar-refractivity contribution in [3.05, 3.63) is 68.6 Å². The number of carbonyl (C=O) groups is 2. The minimum absolute atomic E-state index is 0.0912. The van der Waals surface area contributed by atoms with Crippen LogP contribution in [0.2, 0.25) is 5.15 Å². The van der Waals surface area contributed by atoms with Crippen molar-refractivity contribution in [2.24, 2.45) is 0 Å². The molecule has 0 bridgehead atoms. The zero-order valence-corrected chi connectivity index (χ0v) is 28.2. The molecule has 2 N–H and O–H groups in total. The Balaban J connectivity index is 1.27. The van der Waals surface area contributed by atoms with Gasteiger partial charge in [-0.2, -0.15) is 22.7 Å². The van der Waals surface area contributed by atoms with E-state index in [1.54, 1.807) is 16.4 Å². The number of rotatable bonds is 7. The molecular formula is C32H32ClF3N10O5. The van der Waals surface area contributed by atoms with Crippen LogP contribution in [0.5, 0.6) is 5.75 Å². The lowest BCUT2D eigenvalue weighted by atomic mass is 9.81. The Hall–Kier alpha value is -5.10. The average Bonchev–Trinajstić information content (AvgIpc) is 3.54. The van der Waals surface area contributed by atoms with Gasteiger partial charge in [-0.25, -0.2) is 15.0 Å². The second-order valence-electron chi connectivity index (χ2n) is 12.4. The molecule has 0 unspecified atom stereocenters. The van der Waals surface area contributed by atoms with Gasteiger partial charge in [0.05, 0.1) is 36.3 Å². The SMILES string of the molecule is CCc1c(N2CCN(C(=O)c3ncnc(C)c3O)[C@H]3CC[C@H]32)c(=O)n2nc(C3=CCOCC3)nc2n1CC(=O)Nc1ccc(C(F)(F)F)nc1Cl. The zero-order valence-electron chi connectivity index (χ0n) is 27.4. The summed E-state index contributed by atoms with van der Waals surface area (Å²) in [5, 5.41) is 17.1. The van der Waals surface area contributed by atoms with E-state index in [9.17, 15) is 32.7 Å². The lowest BCUT2D eigenvalue weighted by Crippen LogP contribution is -2.67. The van der Waals surface area contributed by atoms with Crippen LogP contribution in [0.3, 0.4) is 0 Å². The minimum Gasteiger partial charge on any atom is -0.504 e. The summed E-state index contributed by atoms with van der Waals surface area (Å²) in [4.78, 5) is 61.2. The van der Waals surface area contributed by atoms with E-state index >= 15 is 0 Å². The van der Waals surface area contributed by atoms with E-state index in [-0.39, 0.29) is 53.8 Å². The van der Waals surface area contributed by atoms with Crippen LogP contribution in [0.1, 0.15) is 59.6 Å². The highest BCUT2D eigenvalue weighted by atomic mass is 35.5. The van der Waals surface area contributed by atoms with Gasteiger partial charge in [0.1, 0.15) is 24.3 Å². The fraction of sp³-hybridized carbons (Fsp3) is 0.438. The van der Waals surface area contributed by atoms with E-state index in [0.29, 0.717) is 62.2 Å². The Morgan fingerprint density at radius 3 is 2.59 bits per heavy atom. The molecule has 2 aliphatic heterocycles. The summed E-state index contributed by atoms with van der Waals surface area (Å²) in [5.74, 6) is -0.972. The number of aryl methyl sites for hydroxylation is 1. The number of halogens is 4. The molecule has 0 aromatic carbocycles. The number of aromatic nitrogens is 7. The van der Waals surface area contributed by atoms with Crippen LogP contribution in [0.15, 0.2) is 29.3 Å². The van der Waals surface area contributed by atoms with E-state index in [0.717, 1.165) is 16.2 Å². The molecule has 4 aromatic rings. The van der Waals surface area contributed by atoms with E-state index in [2.05, 4.69) is 30.4 Å². The second kappa shape index (κ2) is 13.2. The Morgan fingerprint density at radius 1 is 1.14 bits per heavy atom. The largest absolute Gasteiger partial charge is 0.504 e. The van der Waals surface area contributed by atoms with Gasteiger partial charge in [0.2, 0.25) is 11.7 Å². The number of fused-ring (bicyclic) bond motifs is 2. The summed E-state index contributed by atoms with van der Waals surface area (Å²) < 4.78 is 47.6. The van der Waals surface area contributed by atoms with Crippen molar-refractivity contribution in [2.75, 3.05) is 36.5 Å². The number of amides is 2. The molecule has 15 nitrogen and oxygen atoms in total. The van der Waals surface area contributed by atoms with Crippen molar-refractivity contribution in [2.45, 2.75) is 64.3 Å². The average molecular weight is 729 g/mol. The number of hydrogen-bond donors (Lipinski definition) is 2. The van der Waals surface area contributed by atoms with Crippen LogP contribution in [-0.2, 0) is 28.7 Å². The molecule has 1 saturated carbocycles. The Labute approximate surface area is 292 Å². The molecule has 3 aliphatic rings. The highest BCUT2D eigenvalue weighted by molar-refractivity contribution is 6.32. The number of hydrogen-bond acceptors (Lipinski definition) is 11. The summed E-state index contributed by atoms with van der Waals surface area (Å²) in [7, 11) is 0. The maximum atomic E-state index is 14.4. The maximum Gasteiger partial charge on any atom is 0.433 e. The van der Waals surface area contributed by atoms with E-state index in [1.165, 1.54) is 6.33 Å². The highest BCUT2D eigenvalue weighted by Crippen LogP contribution is 2.38. The zero-order chi connectivity index (χ0) is 36.2. The fourth-order valence-electron chi connectivity index (χ4n) is 6.81.